The molecule has 0 bridgehead atoms. The highest BCUT2D eigenvalue weighted by molar-refractivity contribution is 7.11. The number of hydrogen-bond acceptors (Lipinski definition) is 7. The van der Waals surface area contributed by atoms with Crippen LogP contribution in [-0.4, -0.2) is 47.6 Å². The Hall–Kier alpha value is -2.17. The van der Waals surface area contributed by atoms with Crippen molar-refractivity contribution in [1.29, 1.82) is 0 Å². The van der Waals surface area contributed by atoms with Crippen LogP contribution in [0.5, 0.6) is 0 Å². The van der Waals surface area contributed by atoms with Gasteiger partial charge in [-0.3, -0.25) is 14.4 Å². The van der Waals surface area contributed by atoms with E-state index < -0.39 is 31.0 Å². The van der Waals surface area contributed by atoms with Gasteiger partial charge in [-0.15, -0.1) is 11.3 Å². The minimum Gasteiger partial charge on any atom is -0.481 e. The van der Waals surface area contributed by atoms with Crippen molar-refractivity contribution in [3.8, 4) is 0 Å². The molecule has 8 nitrogen and oxygen atoms in total. The Kier molecular flexibility index (Phi) is 6.53. The minimum absolute atomic E-state index is 0.150. The average Bonchev–Trinajstić information content (AvgIpc) is 3.04. The molecule has 0 aliphatic carbocycles. The molecule has 10 heteroatoms. The highest BCUT2D eigenvalue weighted by atomic mass is 32.1. The lowest BCUT2D eigenvalue weighted by Gasteiger charge is -2.31. The number of amides is 1. The molecule has 128 valence electrons. The highest BCUT2D eigenvalue weighted by Crippen LogP contribution is 2.23. The summed E-state index contributed by atoms with van der Waals surface area (Å²) in [5.74, 6) is -2.21. The third-order valence-corrected chi connectivity index (χ3v) is 4.37. The molecule has 2 atom stereocenters. The fourth-order valence-electron chi connectivity index (χ4n) is 2.35. The van der Waals surface area contributed by atoms with E-state index in [4.69, 9.17) is 9.76 Å². The van der Waals surface area contributed by atoms with Gasteiger partial charge >= 0.3 is 13.1 Å². The second-order valence-corrected chi connectivity index (χ2v) is 6.09. The van der Waals surface area contributed by atoms with E-state index in [1.165, 1.54) is 11.3 Å². The molecule has 1 fully saturated rings. The number of rotatable bonds is 7. The molecule has 2 heterocycles. The SMILES string of the molecule is O=COC=C(C(=O)N[C@H]1CC[C@@H](CC(=O)O)OB1O)c1cccs1. The van der Waals surface area contributed by atoms with Gasteiger partial charge in [0.1, 0.15) is 6.26 Å². The lowest BCUT2D eigenvalue weighted by Crippen LogP contribution is -2.53. The maximum absolute atomic E-state index is 12.4. The smallest absolute Gasteiger partial charge is 0.478 e. The van der Waals surface area contributed by atoms with Gasteiger partial charge in [0.05, 0.1) is 24.0 Å². The minimum atomic E-state index is -1.30. The second-order valence-electron chi connectivity index (χ2n) is 5.14. The molecule has 0 radical (unpaired) electrons. The molecule has 1 aliphatic heterocycles. The lowest BCUT2D eigenvalue weighted by atomic mass is 9.72. The number of nitrogens with one attached hydrogen (secondary N) is 1. The van der Waals surface area contributed by atoms with Crippen LogP contribution in [0.15, 0.2) is 23.8 Å². The monoisotopic (exact) mass is 353 g/mol. The number of carboxylic acids is 1. The first kappa shape index (κ1) is 18.2. The molecule has 0 aromatic carbocycles. The zero-order chi connectivity index (χ0) is 17.5. The van der Waals surface area contributed by atoms with Crippen LogP contribution in [0.3, 0.4) is 0 Å². The van der Waals surface area contributed by atoms with Gasteiger partial charge in [0.15, 0.2) is 0 Å². The zero-order valence-electron chi connectivity index (χ0n) is 12.6. The quantitative estimate of drug-likeness (QED) is 0.281. The molecule has 1 saturated heterocycles. The topological polar surface area (TPSA) is 122 Å². The van der Waals surface area contributed by atoms with Crippen LogP contribution in [0.4, 0.5) is 0 Å². The molecule has 24 heavy (non-hydrogen) atoms. The summed E-state index contributed by atoms with van der Waals surface area (Å²) >= 11 is 1.30. The van der Waals surface area contributed by atoms with Crippen molar-refractivity contribution in [2.24, 2.45) is 0 Å². The molecule has 0 unspecified atom stereocenters. The summed E-state index contributed by atoms with van der Waals surface area (Å²) < 4.78 is 9.78. The maximum Gasteiger partial charge on any atom is 0.478 e. The van der Waals surface area contributed by atoms with Crippen molar-refractivity contribution in [3.05, 3.63) is 28.7 Å². The first-order valence-electron chi connectivity index (χ1n) is 7.20. The summed E-state index contributed by atoms with van der Waals surface area (Å²) in [6.07, 6.45) is 1.02. The summed E-state index contributed by atoms with van der Waals surface area (Å²) in [5.41, 5.74) is 0.150. The fourth-order valence-corrected chi connectivity index (χ4v) is 3.08. The van der Waals surface area contributed by atoms with Crippen molar-refractivity contribution in [3.63, 3.8) is 0 Å². The molecule has 0 saturated carbocycles. The Balaban J connectivity index is 2.00. The third kappa shape index (κ3) is 4.92. The number of hydrogen-bond donors (Lipinski definition) is 3. The molecule has 3 N–H and O–H groups in total. The van der Waals surface area contributed by atoms with Gasteiger partial charge in [-0.2, -0.15) is 0 Å². The average molecular weight is 353 g/mol. The standard InChI is InChI=1S/C14H16BNO7S/c17-8-22-7-10(11-2-1-5-24-11)14(20)16-12-4-3-9(6-13(18)19)23-15(12)21/h1-2,5,7-9,12,21H,3-4,6H2,(H,16,20)(H,18,19)/t9-,12-/m0/s1. The lowest BCUT2D eigenvalue weighted by molar-refractivity contribution is -0.139. The summed E-state index contributed by atoms with van der Waals surface area (Å²) in [7, 11) is -1.30. The Morgan fingerprint density at radius 1 is 1.50 bits per heavy atom. The van der Waals surface area contributed by atoms with E-state index in [2.05, 4.69) is 10.1 Å². The molecular weight excluding hydrogens is 337 g/mol. The van der Waals surface area contributed by atoms with Crippen LogP contribution in [0, 0.1) is 0 Å². The molecular formula is C14H16BNO7S. The van der Waals surface area contributed by atoms with Gasteiger partial charge in [-0.25, -0.2) is 0 Å². The molecule has 1 aromatic rings. The second kappa shape index (κ2) is 8.62. The van der Waals surface area contributed by atoms with Crippen LogP contribution in [-0.2, 0) is 23.8 Å². The van der Waals surface area contributed by atoms with Crippen molar-refractivity contribution in [1.82, 2.24) is 5.32 Å². The normalized spacial score (nSPS) is 21.2. The number of carboxylic acid groups (broad SMARTS) is 1. The number of thiophene rings is 1. The maximum atomic E-state index is 12.4. The van der Waals surface area contributed by atoms with Gasteiger partial charge in [0, 0.05) is 4.88 Å². The first-order valence-corrected chi connectivity index (χ1v) is 8.08. The van der Waals surface area contributed by atoms with E-state index in [9.17, 15) is 19.4 Å². The van der Waals surface area contributed by atoms with Gasteiger partial charge in [-0.05, 0) is 24.3 Å². The van der Waals surface area contributed by atoms with Crippen molar-refractivity contribution in [2.45, 2.75) is 31.3 Å². The number of carbonyl (C=O) groups excluding carboxylic acids is 2. The molecule has 0 spiro atoms. The number of aliphatic carboxylic acids is 1. The Morgan fingerprint density at radius 2 is 2.29 bits per heavy atom. The first-order chi connectivity index (χ1) is 11.5. The summed E-state index contributed by atoms with van der Waals surface area (Å²) in [5, 5.41) is 23.1. The van der Waals surface area contributed by atoms with Crippen LogP contribution in [0.25, 0.3) is 5.57 Å². The van der Waals surface area contributed by atoms with Crippen molar-refractivity contribution >= 4 is 42.4 Å². The van der Waals surface area contributed by atoms with Crippen LogP contribution in [0.1, 0.15) is 24.1 Å². The van der Waals surface area contributed by atoms with E-state index in [0.717, 1.165) is 6.26 Å². The summed E-state index contributed by atoms with van der Waals surface area (Å²) in [6.45, 7) is 0.204. The van der Waals surface area contributed by atoms with Crippen LogP contribution in [0.2, 0.25) is 0 Å². The van der Waals surface area contributed by atoms with E-state index in [1.54, 1.807) is 17.5 Å². The largest absolute Gasteiger partial charge is 0.481 e. The van der Waals surface area contributed by atoms with Crippen LogP contribution < -0.4 is 5.32 Å². The number of carbonyl (C=O) groups is 3. The van der Waals surface area contributed by atoms with Gasteiger partial charge in [0.2, 0.25) is 0 Å². The predicted molar refractivity (Wildman–Crippen MR) is 85.7 cm³/mol. The Morgan fingerprint density at radius 3 is 2.88 bits per heavy atom. The number of ether oxygens (including phenoxy) is 1. The zero-order valence-corrected chi connectivity index (χ0v) is 13.4. The van der Waals surface area contributed by atoms with Gasteiger partial charge < -0.3 is 24.8 Å². The van der Waals surface area contributed by atoms with Crippen molar-refractivity contribution < 1.29 is 33.9 Å². The van der Waals surface area contributed by atoms with E-state index >= 15 is 0 Å². The van der Waals surface area contributed by atoms with Crippen molar-refractivity contribution in [2.75, 3.05) is 0 Å². The molecule has 1 amide bonds. The van der Waals surface area contributed by atoms with E-state index in [0.29, 0.717) is 17.7 Å². The Bertz CT molecular complexity index is 619. The third-order valence-electron chi connectivity index (χ3n) is 3.47. The van der Waals surface area contributed by atoms with Gasteiger partial charge in [0.25, 0.3) is 12.4 Å². The Labute approximate surface area is 142 Å². The highest BCUT2D eigenvalue weighted by Gasteiger charge is 2.37. The predicted octanol–water partition coefficient (Wildman–Crippen LogP) is 0.420. The fraction of sp³-hybridized carbons (Fsp3) is 0.357. The van der Waals surface area contributed by atoms with E-state index in [-0.39, 0.29) is 18.5 Å². The van der Waals surface area contributed by atoms with E-state index in [1.807, 2.05) is 0 Å². The molecule has 1 aliphatic rings. The summed E-state index contributed by atoms with van der Waals surface area (Å²) in [4.78, 5) is 34.0. The van der Waals surface area contributed by atoms with Gasteiger partial charge in [-0.1, -0.05) is 6.07 Å². The molecule has 1 aromatic heterocycles. The van der Waals surface area contributed by atoms with Crippen LogP contribution >= 0.6 is 11.3 Å². The molecule has 2 rings (SSSR count). The summed E-state index contributed by atoms with van der Waals surface area (Å²) in [6, 6.07) is 3.44.